The van der Waals surface area contributed by atoms with Crippen LogP contribution in [0.15, 0.2) is 12.3 Å². The van der Waals surface area contributed by atoms with E-state index in [-0.39, 0.29) is 11.7 Å². The molecule has 0 amide bonds. The highest BCUT2D eigenvalue weighted by Gasteiger charge is 2.42. The van der Waals surface area contributed by atoms with Crippen LogP contribution in [0.4, 0.5) is 24.5 Å². The second-order valence-electron chi connectivity index (χ2n) is 6.43. The third-order valence-electron chi connectivity index (χ3n) is 5.04. The Morgan fingerprint density at radius 3 is 2.67 bits per heavy atom. The molecule has 4 atom stereocenters. The van der Waals surface area contributed by atoms with Gasteiger partial charge in [-0.3, -0.25) is 0 Å². The first-order chi connectivity index (χ1) is 9.84. The van der Waals surface area contributed by atoms with E-state index in [9.17, 15) is 13.2 Å². The molecule has 3 N–H and O–H groups in total. The predicted octanol–water partition coefficient (Wildman–Crippen LogP) is 3.92. The van der Waals surface area contributed by atoms with Crippen LogP contribution in [-0.4, -0.2) is 11.0 Å². The Morgan fingerprint density at radius 2 is 2.10 bits per heavy atom. The molecule has 3 nitrogen and oxygen atoms in total. The fourth-order valence-electron chi connectivity index (χ4n) is 4.00. The van der Waals surface area contributed by atoms with E-state index in [2.05, 4.69) is 10.3 Å². The highest BCUT2D eigenvalue weighted by atomic mass is 19.4. The Bertz CT molecular complexity index is 529. The molecule has 2 aliphatic carbocycles. The number of halogens is 3. The number of hydrogen-bond acceptors (Lipinski definition) is 3. The monoisotopic (exact) mass is 299 g/mol. The van der Waals surface area contributed by atoms with E-state index in [1.54, 1.807) is 0 Å². The maximum atomic E-state index is 12.7. The van der Waals surface area contributed by atoms with Gasteiger partial charge >= 0.3 is 6.18 Å². The van der Waals surface area contributed by atoms with Crippen molar-refractivity contribution in [3.05, 3.63) is 18.0 Å². The Hall–Kier alpha value is -1.46. The number of fused-ring (bicyclic) bond motifs is 2. The summed E-state index contributed by atoms with van der Waals surface area (Å²) in [6.07, 6.45) is 1.65. The normalized spacial score (nSPS) is 29.6. The van der Waals surface area contributed by atoms with Gasteiger partial charge in [-0.1, -0.05) is 6.42 Å². The SMILES string of the molecule is CC(Nc1cc(C(F)(F)F)ncc1N)C1CC2CCC1C2. The second-order valence-corrected chi connectivity index (χ2v) is 6.43. The first-order valence-corrected chi connectivity index (χ1v) is 7.44. The maximum Gasteiger partial charge on any atom is 0.433 e. The average molecular weight is 299 g/mol. The zero-order valence-electron chi connectivity index (χ0n) is 12.0. The van der Waals surface area contributed by atoms with Gasteiger partial charge in [0.05, 0.1) is 17.6 Å². The minimum absolute atomic E-state index is 0.131. The quantitative estimate of drug-likeness (QED) is 0.889. The predicted molar refractivity (Wildman–Crippen MR) is 75.7 cm³/mol. The minimum atomic E-state index is -4.44. The lowest BCUT2D eigenvalue weighted by Crippen LogP contribution is -2.30. The molecule has 116 valence electrons. The number of alkyl halides is 3. The van der Waals surface area contributed by atoms with Crippen LogP contribution in [0.1, 0.15) is 38.3 Å². The number of aromatic nitrogens is 1. The minimum Gasteiger partial charge on any atom is -0.396 e. The van der Waals surface area contributed by atoms with E-state index in [1.807, 2.05) is 6.92 Å². The van der Waals surface area contributed by atoms with Crippen molar-refractivity contribution in [2.24, 2.45) is 17.8 Å². The third kappa shape index (κ3) is 2.80. The van der Waals surface area contributed by atoms with Crippen LogP contribution in [0, 0.1) is 17.8 Å². The molecule has 0 aromatic carbocycles. The van der Waals surface area contributed by atoms with Crippen molar-refractivity contribution in [1.29, 1.82) is 0 Å². The number of nitrogens with one attached hydrogen (secondary N) is 1. The summed E-state index contributed by atoms with van der Waals surface area (Å²) >= 11 is 0. The largest absolute Gasteiger partial charge is 0.433 e. The number of pyridine rings is 1. The van der Waals surface area contributed by atoms with E-state index >= 15 is 0 Å². The second kappa shape index (κ2) is 5.07. The lowest BCUT2D eigenvalue weighted by atomic mass is 9.84. The first kappa shape index (κ1) is 14.5. The van der Waals surface area contributed by atoms with E-state index < -0.39 is 11.9 Å². The van der Waals surface area contributed by atoms with Crippen LogP contribution in [0.5, 0.6) is 0 Å². The van der Waals surface area contributed by atoms with Gasteiger partial charge in [-0.25, -0.2) is 4.98 Å². The molecule has 2 saturated carbocycles. The van der Waals surface area contributed by atoms with Crippen LogP contribution in [-0.2, 0) is 6.18 Å². The Labute approximate surface area is 122 Å². The molecule has 4 unspecified atom stereocenters. The molecule has 3 rings (SSSR count). The van der Waals surface area contributed by atoms with E-state index in [0.29, 0.717) is 17.5 Å². The van der Waals surface area contributed by atoms with E-state index in [0.717, 1.165) is 18.2 Å². The smallest absolute Gasteiger partial charge is 0.396 e. The molecule has 6 heteroatoms. The zero-order valence-corrected chi connectivity index (χ0v) is 12.0. The molecule has 1 aromatic rings. The summed E-state index contributed by atoms with van der Waals surface area (Å²) in [6.45, 7) is 2.04. The molecule has 1 heterocycles. The standard InChI is InChI=1S/C15H20F3N3/c1-8(11-5-9-2-3-10(11)4-9)21-13-6-14(15(16,17)18)20-7-12(13)19/h6-11H,2-5,19H2,1H3,(H,20,21). The highest BCUT2D eigenvalue weighted by molar-refractivity contribution is 5.65. The van der Waals surface area contributed by atoms with Gasteiger partial charge in [0, 0.05) is 6.04 Å². The topological polar surface area (TPSA) is 50.9 Å². The van der Waals surface area contributed by atoms with Gasteiger partial charge < -0.3 is 11.1 Å². The molecule has 2 bridgehead atoms. The van der Waals surface area contributed by atoms with Crippen molar-refractivity contribution in [2.75, 3.05) is 11.1 Å². The number of rotatable bonds is 3. The van der Waals surface area contributed by atoms with Crippen molar-refractivity contribution >= 4 is 11.4 Å². The van der Waals surface area contributed by atoms with Gasteiger partial charge in [-0.15, -0.1) is 0 Å². The Balaban J connectivity index is 1.75. The van der Waals surface area contributed by atoms with Crippen molar-refractivity contribution < 1.29 is 13.2 Å². The number of anilines is 2. The van der Waals surface area contributed by atoms with Gasteiger partial charge in [0.15, 0.2) is 0 Å². The summed E-state index contributed by atoms with van der Waals surface area (Å²) in [7, 11) is 0. The average Bonchev–Trinajstić information content (AvgIpc) is 3.02. The van der Waals surface area contributed by atoms with Crippen molar-refractivity contribution in [3.63, 3.8) is 0 Å². The molecule has 2 fully saturated rings. The van der Waals surface area contributed by atoms with Gasteiger partial charge in [-0.2, -0.15) is 13.2 Å². The van der Waals surface area contributed by atoms with Crippen molar-refractivity contribution in [3.8, 4) is 0 Å². The molecule has 0 aliphatic heterocycles. The first-order valence-electron chi connectivity index (χ1n) is 7.44. The summed E-state index contributed by atoms with van der Waals surface area (Å²) in [6, 6.07) is 1.14. The zero-order chi connectivity index (χ0) is 15.2. The van der Waals surface area contributed by atoms with Crippen molar-refractivity contribution in [2.45, 2.75) is 44.8 Å². The maximum absolute atomic E-state index is 12.7. The Kier molecular flexibility index (Phi) is 3.50. The van der Waals surface area contributed by atoms with Gasteiger partial charge in [0.25, 0.3) is 0 Å². The van der Waals surface area contributed by atoms with Crippen LogP contribution >= 0.6 is 0 Å². The molecule has 0 spiro atoms. The van der Waals surface area contributed by atoms with Gasteiger partial charge in [0.2, 0.25) is 0 Å². The molecule has 21 heavy (non-hydrogen) atoms. The van der Waals surface area contributed by atoms with Crippen LogP contribution in [0.3, 0.4) is 0 Å². The van der Waals surface area contributed by atoms with Crippen molar-refractivity contribution in [1.82, 2.24) is 4.98 Å². The number of nitrogens with zero attached hydrogens (tertiary/aromatic N) is 1. The summed E-state index contributed by atoms with van der Waals surface area (Å²) in [5.74, 6) is 2.05. The number of nitrogen functional groups attached to an aromatic ring is 1. The summed E-state index contributed by atoms with van der Waals surface area (Å²) < 4.78 is 38.2. The van der Waals surface area contributed by atoms with E-state index in [1.165, 1.54) is 25.7 Å². The van der Waals surface area contributed by atoms with Gasteiger partial charge in [0.1, 0.15) is 5.69 Å². The fourth-order valence-corrected chi connectivity index (χ4v) is 4.00. The van der Waals surface area contributed by atoms with E-state index in [4.69, 9.17) is 5.73 Å². The summed E-state index contributed by atoms with van der Waals surface area (Å²) in [4.78, 5) is 3.36. The van der Waals surface area contributed by atoms with Gasteiger partial charge in [-0.05, 0) is 50.0 Å². The molecular formula is C15H20F3N3. The van der Waals surface area contributed by atoms with Crippen LogP contribution < -0.4 is 11.1 Å². The summed E-state index contributed by atoms with van der Waals surface area (Å²) in [5.41, 5.74) is 5.46. The Morgan fingerprint density at radius 1 is 1.33 bits per heavy atom. The fraction of sp³-hybridized carbons (Fsp3) is 0.667. The third-order valence-corrected chi connectivity index (χ3v) is 5.04. The molecular weight excluding hydrogens is 279 g/mol. The molecule has 2 aliphatic rings. The lowest BCUT2D eigenvalue weighted by molar-refractivity contribution is -0.141. The molecule has 0 radical (unpaired) electrons. The van der Waals surface area contributed by atoms with Crippen LogP contribution in [0.2, 0.25) is 0 Å². The number of hydrogen-bond donors (Lipinski definition) is 2. The highest BCUT2D eigenvalue weighted by Crippen LogP contribution is 2.50. The molecule has 0 saturated heterocycles. The molecule has 1 aromatic heterocycles. The number of nitrogens with two attached hydrogens (primary N) is 1. The van der Waals surface area contributed by atoms with Crippen LogP contribution in [0.25, 0.3) is 0 Å². The lowest BCUT2D eigenvalue weighted by Gasteiger charge is -2.29. The summed E-state index contributed by atoms with van der Waals surface area (Å²) in [5, 5.41) is 3.18.